The maximum Gasteiger partial charge on any atom is 0.337 e. The summed E-state index contributed by atoms with van der Waals surface area (Å²) in [4.78, 5) is 37.4. The Kier molecular flexibility index (Phi) is 10.3. The van der Waals surface area contributed by atoms with E-state index in [9.17, 15) is 34.8 Å². The lowest BCUT2D eigenvalue weighted by atomic mass is 9.59. The van der Waals surface area contributed by atoms with E-state index in [2.05, 4.69) is 0 Å². The molecule has 2 rings (SSSR count). The summed E-state index contributed by atoms with van der Waals surface area (Å²) >= 11 is 13.6. The van der Waals surface area contributed by atoms with Crippen LogP contribution >= 0.6 is 35.0 Å². The standard InChI is InChI=1S/C23H31Cl2NO8S/c1-26(2)9-4-10-35-14-23(33,34-22(20(31)32,12-18(27)28)13-19(29)30)21(7-3-8-21)15-5-6-16(24)17(25)11-15/h5-6,11,33H,3-4,7-10,12-14H2,1-2H3,(H,27,28)(H,29,30)(H,31,32). The predicted octanol–water partition coefficient (Wildman–Crippen LogP) is 3.58. The first-order chi connectivity index (χ1) is 16.3. The molecular weight excluding hydrogens is 521 g/mol. The highest BCUT2D eigenvalue weighted by molar-refractivity contribution is 7.99. The molecule has 1 aromatic carbocycles. The van der Waals surface area contributed by atoms with Crippen LogP contribution in [0, 0.1) is 0 Å². The van der Waals surface area contributed by atoms with E-state index in [1.807, 2.05) is 19.0 Å². The van der Waals surface area contributed by atoms with Gasteiger partial charge in [0.2, 0.25) is 0 Å². The molecule has 0 heterocycles. The fraction of sp³-hybridized carbons (Fsp3) is 0.609. The van der Waals surface area contributed by atoms with Crippen molar-refractivity contribution in [1.82, 2.24) is 4.90 Å². The SMILES string of the molecule is CN(C)CCCSCC(O)(OC(CC(=O)O)(CC(=O)O)C(=O)O)C1(c2ccc(Cl)c(Cl)c2)CCC1. The minimum atomic E-state index is -2.69. The highest BCUT2D eigenvalue weighted by atomic mass is 35.5. The second-order valence-electron chi connectivity index (χ2n) is 9.10. The van der Waals surface area contributed by atoms with Crippen molar-refractivity contribution in [2.45, 2.75) is 55.3 Å². The molecule has 1 fully saturated rings. The first kappa shape index (κ1) is 29.7. The molecule has 0 aliphatic heterocycles. The molecule has 12 heteroatoms. The summed E-state index contributed by atoms with van der Waals surface area (Å²) < 4.78 is 5.86. The van der Waals surface area contributed by atoms with E-state index >= 15 is 0 Å². The largest absolute Gasteiger partial charge is 0.481 e. The van der Waals surface area contributed by atoms with E-state index < -0.39 is 47.6 Å². The fourth-order valence-electron chi connectivity index (χ4n) is 4.33. The minimum absolute atomic E-state index is 0.102. The van der Waals surface area contributed by atoms with Crippen LogP contribution in [0.2, 0.25) is 10.0 Å². The lowest BCUT2D eigenvalue weighted by Gasteiger charge is -2.55. The number of carboxylic acids is 3. The van der Waals surface area contributed by atoms with Crippen LogP contribution in [0.15, 0.2) is 18.2 Å². The summed E-state index contributed by atoms with van der Waals surface area (Å²) in [6, 6.07) is 4.79. The number of nitrogens with zero attached hydrogens (tertiary/aromatic N) is 1. The third-order valence-electron chi connectivity index (χ3n) is 6.25. The molecule has 1 atom stereocenters. The lowest BCUT2D eigenvalue weighted by Crippen LogP contribution is -2.64. The van der Waals surface area contributed by atoms with E-state index in [4.69, 9.17) is 27.9 Å². The number of benzene rings is 1. The molecule has 0 amide bonds. The Balaban J connectivity index is 2.54. The molecule has 1 aliphatic carbocycles. The van der Waals surface area contributed by atoms with Gasteiger partial charge in [0.15, 0.2) is 11.4 Å². The van der Waals surface area contributed by atoms with Crippen molar-refractivity contribution in [2.24, 2.45) is 0 Å². The molecule has 196 valence electrons. The van der Waals surface area contributed by atoms with E-state index in [-0.39, 0.29) is 10.8 Å². The van der Waals surface area contributed by atoms with Gasteiger partial charge in [0, 0.05) is 5.75 Å². The van der Waals surface area contributed by atoms with Crippen LogP contribution in [0.1, 0.15) is 44.1 Å². The Morgan fingerprint density at radius 1 is 1.09 bits per heavy atom. The number of aliphatic hydroxyl groups is 1. The molecule has 1 aromatic rings. The van der Waals surface area contributed by atoms with Crippen molar-refractivity contribution in [1.29, 1.82) is 0 Å². The first-order valence-corrected chi connectivity index (χ1v) is 13.0. The molecule has 0 aromatic heterocycles. The summed E-state index contributed by atoms with van der Waals surface area (Å²) in [6.45, 7) is 0.793. The van der Waals surface area contributed by atoms with Crippen LogP contribution in [0.3, 0.4) is 0 Å². The number of thioether (sulfide) groups is 1. The molecular formula is C23H31Cl2NO8S. The molecule has 0 saturated heterocycles. The molecule has 1 saturated carbocycles. The van der Waals surface area contributed by atoms with Gasteiger partial charge in [-0.25, -0.2) is 4.79 Å². The molecule has 0 spiro atoms. The zero-order valence-electron chi connectivity index (χ0n) is 19.6. The van der Waals surface area contributed by atoms with E-state index in [0.717, 1.165) is 13.0 Å². The topological polar surface area (TPSA) is 145 Å². The van der Waals surface area contributed by atoms with Gasteiger partial charge in [-0.05, 0) is 63.4 Å². The normalized spacial score (nSPS) is 17.0. The maximum atomic E-state index is 12.3. The van der Waals surface area contributed by atoms with Crippen LogP contribution in [0.25, 0.3) is 0 Å². The van der Waals surface area contributed by atoms with Crippen molar-refractivity contribution >= 4 is 52.9 Å². The Morgan fingerprint density at radius 3 is 2.11 bits per heavy atom. The number of aliphatic carboxylic acids is 3. The first-order valence-electron chi connectivity index (χ1n) is 11.0. The monoisotopic (exact) mass is 551 g/mol. The average Bonchev–Trinajstić information content (AvgIpc) is 2.68. The van der Waals surface area contributed by atoms with E-state index in [1.54, 1.807) is 18.2 Å². The van der Waals surface area contributed by atoms with Crippen LogP contribution in [-0.4, -0.2) is 86.8 Å². The number of carboxylic acid groups (broad SMARTS) is 3. The predicted molar refractivity (Wildman–Crippen MR) is 133 cm³/mol. The van der Waals surface area contributed by atoms with Gasteiger partial charge in [-0.1, -0.05) is 35.7 Å². The molecule has 1 unspecified atom stereocenters. The van der Waals surface area contributed by atoms with Gasteiger partial charge >= 0.3 is 17.9 Å². The smallest absolute Gasteiger partial charge is 0.337 e. The van der Waals surface area contributed by atoms with E-state index in [0.29, 0.717) is 35.6 Å². The quantitative estimate of drug-likeness (QED) is 0.188. The highest BCUT2D eigenvalue weighted by Crippen LogP contribution is 2.55. The van der Waals surface area contributed by atoms with Gasteiger partial charge in [-0.15, -0.1) is 0 Å². The lowest BCUT2D eigenvalue weighted by molar-refractivity contribution is -0.299. The zero-order valence-corrected chi connectivity index (χ0v) is 22.0. The molecule has 35 heavy (non-hydrogen) atoms. The summed E-state index contributed by atoms with van der Waals surface area (Å²) in [7, 11) is 3.85. The molecule has 0 radical (unpaired) electrons. The van der Waals surface area contributed by atoms with Crippen molar-refractivity contribution in [2.75, 3.05) is 32.1 Å². The van der Waals surface area contributed by atoms with Gasteiger partial charge < -0.3 is 30.1 Å². The van der Waals surface area contributed by atoms with Crippen LogP contribution in [0.4, 0.5) is 0 Å². The van der Waals surface area contributed by atoms with Crippen molar-refractivity contribution in [3.05, 3.63) is 33.8 Å². The highest BCUT2D eigenvalue weighted by Gasteiger charge is 2.61. The minimum Gasteiger partial charge on any atom is -0.481 e. The number of carbonyl (C=O) groups is 3. The second kappa shape index (κ2) is 12.1. The third kappa shape index (κ3) is 7.02. The fourth-order valence-corrected chi connectivity index (χ4v) is 5.72. The summed E-state index contributed by atoms with van der Waals surface area (Å²) in [5, 5.41) is 41.3. The summed E-state index contributed by atoms with van der Waals surface area (Å²) in [5.41, 5.74) is -3.26. The Hall–Kier alpha value is -1.56. The van der Waals surface area contributed by atoms with Crippen molar-refractivity contribution in [3.63, 3.8) is 0 Å². The second-order valence-corrected chi connectivity index (χ2v) is 11.0. The van der Waals surface area contributed by atoms with Crippen LogP contribution in [-0.2, 0) is 24.5 Å². The Morgan fingerprint density at radius 2 is 1.69 bits per heavy atom. The third-order valence-corrected chi connectivity index (χ3v) is 8.16. The van der Waals surface area contributed by atoms with E-state index in [1.165, 1.54) is 11.8 Å². The van der Waals surface area contributed by atoms with Crippen LogP contribution in [0.5, 0.6) is 0 Å². The van der Waals surface area contributed by atoms with Gasteiger partial charge in [0.25, 0.3) is 0 Å². The zero-order chi connectivity index (χ0) is 26.4. The molecule has 4 N–H and O–H groups in total. The summed E-state index contributed by atoms with van der Waals surface area (Å²) in [6.07, 6.45) is -0.0124. The van der Waals surface area contributed by atoms with Crippen molar-refractivity contribution < 1.29 is 39.5 Å². The van der Waals surface area contributed by atoms with Gasteiger partial charge in [0.05, 0.1) is 28.3 Å². The number of hydrogen-bond donors (Lipinski definition) is 4. The summed E-state index contributed by atoms with van der Waals surface area (Å²) in [5.74, 6) is -6.59. The number of ether oxygens (including phenoxy) is 1. The average molecular weight is 552 g/mol. The number of hydrogen-bond acceptors (Lipinski definition) is 7. The molecule has 0 bridgehead atoms. The molecule has 9 nitrogen and oxygen atoms in total. The Bertz CT molecular complexity index is 924. The van der Waals surface area contributed by atoms with Crippen molar-refractivity contribution in [3.8, 4) is 0 Å². The Labute approximate surface area is 218 Å². The number of halogens is 2. The van der Waals surface area contributed by atoms with Gasteiger partial charge in [0.1, 0.15) is 0 Å². The number of rotatable bonds is 15. The van der Waals surface area contributed by atoms with Gasteiger partial charge in [-0.2, -0.15) is 11.8 Å². The van der Waals surface area contributed by atoms with Gasteiger partial charge in [-0.3, -0.25) is 9.59 Å². The molecule has 1 aliphatic rings. The van der Waals surface area contributed by atoms with Crippen LogP contribution < -0.4 is 0 Å². The maximum absolute atomic E-state index is 12.3.